The number of para-hydroxylation sites is 1. The third kappa shape index (κ3) is 2.72. The first-order valence-corrected chi connectivity index (χ1v) is 8.09. The zero-order valence-corrected chi connectivity index (χ0v) is 13.8. The molecule has 7 heteroatoms. The lowest BCUT2D eigenvalue weighted by molar-refractivity contribution is 0.190. The summed E-state index contributed by atoms with van der Waals surface area (Å²) in [5.41, 5.74) is 2.73. The van der Waals surface area contributed by atoms with Gasteiger partial charge in [0.1, 0.15) is 0 Å². The fraction of sp³-hybridized carbons (Fsp3) is 0.353. The van der Waals surface area contributed by atoms with Crippen molar-refractivity contribution in [2.45, 2.75) is 13.0 Å². The Balaban J connectivity index is 1.63. The molecule has 0 bridgehead atoms. The molecule has 1 atom stereocenters. The van der Waals surface area contributed by atoms with Crippen molar-refractivity contribution in [3.8, 4) is 17.3 Å². The summed E-state index contributed by atoms with van der Waals surface area (Å²) >= 11 is 0. The van der Waals surface area contributed by atoms with Crippen molar-refractivity contribution >= 4 is 0 Å². The van der Waals surface area contributed by atoms with E-state index < -0.39 is 0 Å². The van der Waals surface area contributed by atoms with E-state index in [2.05, 4.69) is 32.5 Å². The molecule has 1 saturated heterocycles. The van der Waals surface area contributed by atoms with E-state index in [-0.39, 0.29) is 6.04 Å². The minimum Gasteiger partial charge on any atom is -0.332 e. The number of aromatic nitrogens is 4. The summed E-state index contributed by atoms with van der Waals surface area (Å²) in [6, 6.07) is 12.1. The number of aryl methyl sites for hydroxylation is 1. The van der Waals surface area contributed by atoms with Crippen LogP contribution in [-0.4, -0.2) is 51.5 Å². The maximum atomic E-state index is 5.47. The third-order valence-electron chi connectivity index (χ3n) is 4.36. The molecule has 7 nitrogen and oxygen atoms in total. The number of benzene rings is 1. The number of hydrogen-bond acceptors (Lipinski definition) is 6. The highest BCUT2D eigenvalue weighted by molar-refractivity contribution is 5.49. The molecule has 3 aromatic rings. The SMILES string of the molecule is Cc1cc(-c2nc(C3CNCCN3C)no2)nn1-c1ccccc1. The van der Waals surface area contributed by atoms with E-state index in [9.17, 15) is 0 Å². The molecule has 2 aromatic heterocycles. The molecule has 1 aliphatic rings. The molecule has 124 valence electrons. The Hall–Kier alpha value is -2.51. The Morgan fingerprint density at radius 2 is 2.08 bits per heavy atom. The Kier molecular flexibility index (Phi) is 3.87. The van der Waals surface area contributed by atoms with Crippen molar-refractivity contribution in [1.82, 2.24) is 30.1 Å². The van der Waals surface area contributed by atoms with Crippen LogP contribution in [0.5, 0.6) is 0 Å². The molecule has 3 heterocycles. The van der Waals surface area contributed by atoms with Crippen molar-refractivity contribution in [1.29, 1.82) is 0 Å². The van der Waals surface area contributed by atoms with Crippen LogP contribution >= 0.6 is 0 Å². The monoisotopic (exact) mass is 324 g/mol. The molecular formula is C17H20N6O. The van der Waals surface area contributed by atoms with Gasteiger partial charge in [-0.15, -0.1) is 0 Å². The minimum atomic E-state index is 0.133. The summed E-state index contributed by atoms with van der Waals surface area (Å²) in [7, 11) is 2.08. The van der Waals surface area contributed by atoms with Crippen LogP contribution in [0.1, 0.15) is 17.6 Å². The highest BCUT2D eigenvalue weighted by Gasteiger charge is 2.26. The topological polar surface area (TPSA) is 72.0 Å². The largest absolute Gasteiger partial charge is 0.332 e. The minimum absolute atomic E-state index is 0.133. The number of nitrogens with zero attached hydrogens (tertiary/aromatic N) is 5. The molecular weight excluding hydrogens is 304 g/mol. The van der Waals surface area contributed by atoms with Gasteiger partial charge in [0.05, 0.1) is 11.7 Å². The van der Waals surface area contributed by atoms with Crippen LogP contribution in [0.2, 0.25) is 0 Å². The summed E-state index contributed by atoms with van der Waals surface area (Å²) in [4.78, 5) is 6.80. The van der Waals surface area contributed by atoms with Crippen LogP contribution in [0, 0.1) is 6.92 Å². The van der Waals surface area contributed by atoms with Gasteiger partial charge in [0.15, 0.2) is 11.5 Å². The van der Waals surface area contributed by atoms with Crippen LogP contribution < -0.4 is 5.32 Å². The Morgan fingerprint density at radius 1 is 1.25 bits per heavy atom. The Labute approximate surface area is 140 Å². The third-order valence-corrected chi connectivity index (χ3v) is 4.36. The van der Waals surface area contributed by atoms with Gasteiger partial charge in [-0.1, -0.05) is 23.4 Å². The van der Waals surface area contributed by atoms with Gasteiger partial charge in [-0.05, 0) is 32.2 Å². The molecule has 0 saturated carbocycles. The number of nitrogens with one attached hydrogen (secondary N) is 1. The second-order valence-corrected chi connectivity index (χ2v) is 6.08. The van der Waals surface area contributed by atoms with Gasteiger partial charge in [0.2, 0.25) is 0 Å². The number of hydrogen-bond donors (Lipinski definition) is 1. The first kappa shape index (κ1) is 15.0. The lowest BCUT2D eigenvalue weighted by Crippen LogP contribution is -2.44. The zero-order chi connectivity index (χ0) is 16.5. The van der Waals surface area contributed by atoms with E-state index in [0.29, 0.717) is 17.4 Å². The fourth-order valence-electron chi connectivity index (χ4n) is 2.98. The molecule has 1 unspecified atom stereocenters. The van der Waals surface area contributed by atoms with Crippen LogP contribution in [0.25, 0.3) is 17.3 Å². The predicted octanol–water partition coefficient (Wildman–Crippen LogP) is 1.81. The first-order chi connectivity index (χ1) is 11.7. The van der Waals surface area contributed by atoms with Gasteiger partial charge >= 0.3 is 0 Å². The average molecular weight is 324 g/mol. The zero-order valence-electron chi connectivity index (χ0n) is 13.8. The Morgan fingerprint density at radius 3 is 2.88 bits per heavy atom. The van der Waals surface area contributed by atoms with Crippen molar-refractivity contribution in [3.63, 3.8) is 0 Å². The molecule has 0 amide bonds. The maximum Gasteiger partial charge on any atom is 0.278 e. The van der Waals surface area contributed by atoms with Gasteiger partial charge in [-0.2, -0.15) is 10.1 Å². The summed E-state index contributed by atoms with van der Waals surface area (Å²) < 4.78 is 7.35. The van der Waals surface area contributed by atoms with Gasteiger partial charge in [0, 0.05) is 25.3 Å². The molecule has 1 N–H and O–H groups in total. The van der Waals surface area contributed by atoms with Gasteiger partial charge < -0.3 is 9.84 Å². The molecule has 4 rings (SSSR count). The van der Waals surface area contributed by atoms with Crippen LogP contribution in [0.4, 0.5) is 0 Å². The van der Waals surface area contributed by atoms with Crippen LogP contribution in [-0.2, 0) is 0 Å². The van der Waals surface area contributed by atoms with Gasteiger partial charge in [-0.3, -0.25) is 4.90 Å². The number of likely N-dealkylation sites (N-methyl/N-ethyl adjacent to an activating group) is 1. The normalized spacial score (nSPS) is 18.8. The van der Waals surface area contributed by atoms with E-state index in [4.69, 9.17) is 4.52 Å². The summed E-state index contributed by atoms with van der Waals surface area (Å²) in [5.74, 6) is 1.16. The van der Waals surface area contributed by atoms with E-state index in [1.54, 1.807) is 0 Å². The van der Waals surface area contributed by atoms with Crippen molar-refractivity contribution in [2.24, 2.45) is 0 Å². The Bertz CT molecular complexity index is 825. The highest BCUT2D eigenvalue weighted by Crippen LogP contribution is 2.23. The lowest BCUT2D eigenvalue weighted by atomic mass is 10.2. The molecule has 1 fully saturated rings. The van der Waals surface area contributed by atoms with Gasteiger partial charge in [-0.25, -0.2) is 4.68 Å². The van der Waals surface area contributed by atoms with E-state index >= 15 is 0 Å². The lowest BCUT2D eigenvalue weighted by Gasteiger charge is -2.30. The van der Waals surface area contributed by atoms with E-state index in [1.807, 2.05) is 48.0 Å². The molecule has 1 aromatic carbocycles. The van der Waals surface area contributed by atoms with Crippen molar-refractivity contribution < 1.29 is 4.52 Å². The first-order valence-electron chi connectivity index (χ1n) is 8.09. The van der Waals surface area contributed by atoms with Crippen LogP contribution in [0.3, 0.4) is 0 Å². The molecule has 0 aliphatic carbocycles. The van der Waals surface area contributed by atoms with E-state index in [0.717, 1.165) is 31.0 Å². The summed E-state index contributed by atoms with van der Waals surface area (Å²) in [5, 5.41) is 12.1. The average Bonchev–Trinajstić information content (AvgIpc) is 3.23. The second-order valence-electron chi connectivity index (χ2n) is 6.08. The standard InChI is InChI=1S/C17H20N6O/c1-12-10-14(20-23(12)13-6-4-3-5-7-13)17-19-16(21-24-17)15-11-18-8-9-22(15)2/h3-7,10,15,18H,8-9,11H2,1-2H3. The second kappa shape index (κ2) is 6.18. The van der Waals surface area contributed by atoms with Gasteiger partial charge in [0.25, 0.3) is 5.89 Å². The molecule has 1 aliphatic heterocycles. The van der Waals surface area contributed by atoms with Crippen molar-refractivity contribution in [3.05, 3.63) is 47.9 Å². The summed E-state index contributed by atoms with van der Waals surface area (Å²) in [6.07, 6.45) is 0. The maximum absolute atomic E-state index is 5.47. The molecule has 0 spiro atoms. The number of piperazine rings is 1. The highest BCUT2D eigenvalue weighted by atomic mass is 16.5. The molecule has 24 heavy (non-hydrogen) atoms. The van der Waals surface area contributed by atoms with Crippen molar-refractivity contribution in [2.75, 3.05) is 26.7 Å². The van der Waals surface area contributed by atoms with E-state index in [1.165, 1.54) is 0 Å². The molecule has 0 radical (unpaired) electrons. The fourth-order valence-corrected chi connectivity index (χ4v) is 2.98. The van der Waals surface area contributed by atoms with Crippen LogP contribution in [0.15, 0.2) is 40.9 Å². The predicted molar refractivity (Wildman–Crippen MR) is 89.8 cm³/mol. The summed E-state index contributed by atoms with van der Waals surface area (Å²) in [6.45, 7) is 4.79. The smallest absolute Gasteiger partial charge is 0.278 e. The quantitative estimate of drug-likeness (QED) is 0.792. The number of rotatable bonds is 3.